The number of anilines is 1. The Bertz CT molecular complexity index is 483. The number of hydrogen-bond donors (Lipinski definition) is 2. The van der Waals surface area contributed by atoms with Gasteiger partial charge in [-0.25, -0.2) is 9.78 Å². The minimum Gasteiger partial charge on any atom is -0.477 e. The molecule has 1 atom stereocenters. The molecule has 1 unspecified atom stereocenters. The molecule has 3 rings (SSSR count). The quantitative estimate of drug-likeness (QED) is 0.813. The van der Waals surface area contributed by atoms with E-state index in [1.54, 1.807) is 0 Å². The third-order valence-electron chi connectivity index (χ3n) is 3.82. The average Bonchev–Trinajstić information content (AvgIpc) is 2.91. The third-order valence-corrected chi connectivity index (χ3v) is 3.82. The number of rotatable bonds is 2. The first kappa shape index (κ1) is 11.5. The molecule has 0 aliphatic carbocycles. The Balaban J connectivity index is 2.02. The maximum Gasteiger partial charge on any atom is 0.354 e. The summed E-state index contributed by atoms with van der Waals surface area (Å²) in [5, 5.41) is 12.6. The number of likely N-dealkylation sites (tertiary alicyclic amines) is 1. The van der Waals surface area contributed by atoms with Crippen LogP contribution >= 0.6 is 0 Å². The summed E-state index contributed by atoms with van der Waals surface area (Å²) >= 11 is 0. The van der Waals surface area contributed by atoms with Gasteiger partial charge in [0, 0.05) is 25.6 Å². The van der Waals surface area contributed by atoms with Gasteiger partial charge in [-0.2, -0.15) is 0 Å². The van der Waals surface area contributed by atoms with Crippen LogP contribution in [0.4, 0.5) is 5.95 Å². The lowest BCUT2D eigenvalue weighted by atomic mass is 10.0. The Hall–Kier alpha value is -1.56. The lowest BCUT2D eigenvalue weighted by molar-refractivity contribution is 0.0683. The number of nitrogens with zero attached hydrogens (tertiary/aromatic N) is 3. The van der Waals surface area contributed by atoms with Crippen LogP contribution in [0.3, 0.4) is 0 Å². The number of carbonyl (C=O) groups is 1. The molecule has 1 aromatic rings. The van der Waals surface area contributed by atoms with Crippen molar-refractivity contribution >= 4 is 11.9 Å². The number of aromatic nitrogens is 2. The number of aromatic carboxylic acids is 1. The van der Waals surface area contributed by atoms with E-state index in [-0.39, 0.29) is 5.92 Å². The second-order valence-corrected chi connectivity index (χ2v) is 5.15. The van der Waals surface area contributed by atoms with Crippen molar-refractivity contribution in [2.75, 3.05) is 32.0 Å². The molecule has 1 fully saturated rings. The van der Waals surface area contributed by atoms with Crippen LogP contribution < -0.4 is 5.32 Å². The smallest absolute Gasteiger partial charge is 0.354 e. The standard InChI is InChI=1S/C12H18N4O2/c1-15-6-3-8(7-15)9-10(11(17)18)16-5-2-4-13-12(16)14-9/h8H,2-7H2,1H3,(H,13,14)(H,17,18). The summed E-state index contributed by atoms with van der Waals surface area (Å²) in [7, 11) is 2.06. The van der Waals surface area contributed by atoms with E-state index in [1.807, 2.05) is 4.57 Å². The van der Waals surface area contributed by atoms with Gasteiger partial charge in [0.25, 0.3) is 0 Å². The van der Waals surface area contributed by atoms with Crippen molar-refractivity contribution < 1.29 is 9.90 Å². The van der Waals surface area contributed by atoms with Crippen molar-refractivity contribution in [2.24, 2.45) is 0 Å². The van der Waals surface area contributed by atoms with E-state index in [9.17, 15) is 9.90 Å². The molecule has 0 saturated carbocycles. The topological polar surface area (TPSA) is 70.4 Å². The lowest BCUT2D eigenvalue weighted by Gasteiger charge is -2.16. The molecule has 0 radical (unpaired) electrons. The number of likely N-dealkylation sites (N-methyl/N-ethyl adjacent to an activating group) is 1. The summed E-state index contributed by atoms with van der Waals surface area (Å²) in [5.41, 5.74) is 1.15. The van der Waals surface area contributed by atoms with E-state index >= 15 is 0 Å². The number of imidazole rings is 1. The van der Waals surface area contributed by atoms with Crippen molar-refractivity contribution in [1.82, 2.24) is 14.5 Å². The van der Waals surface area contributed by atoms with Crippen LogP contribution in [0.1, 0.15) is 34.9 Å². The number of carboxylic acid groups (broad SMARTS) is 1. The van der Waals surface area contributed by atoms with Gasteiger partial charge in [-0.1, -0.05) is 0 Å². The number of hydrogen-bond acceptors (Lipinski definition) is 4. The largest absolute Gasteiger partial charge is 0.477 e. The monoisotopic (exact) mass is 250 g/mol. The van der Waals surface area contributed by atoms with Gasteiger partial charge in [0.05, 0.1) is 5.69 Å². The van der Waals surface area contributed by atoms with Crippen LogP contribution in [0.5, 0.6) is 0 Å². The molecule has 2 aliphatic rings. The van der Waals surface area contributed by atoms with Gasteiger partial charge in [0.2, 0.25) is 5.95 Å². The molecule has 1 aromatic heterocycles. The Morgan fingerprint density at radius 2 is 2.33 bits per heavy atom. The van der Waals surface area contributed by atoms with Crippen LogP contribution in [0.25, 0.3) is 0 Å². The highest BCUT2D eigenvalue weighted by atomic mass is 16.4. The molecule has 18 heavy (non-hydrogen) atoms. The highest BCUT2D eigenvalue weighted by Crippen LogP contribution is 2.31. The van der Waals surface area contributed by atoms with E-state index < -0.39 is 5.97 Å². The van der Waals surface area contributed by atoms with Gasteiger partial charge >= 0.3 is 5.97 Å². The summed E-state index contributed by atoms with van der Waals surface area (Å²) < 4.78 is 1.82. The first-order valence-electron chi connectivity index (χ1n) is 6.43. The van der Waals surface area contributed by atoms with Crippen LogP contribution in [0, 0.1) is 0 Å². The fraction of sp³-hybridized carbons (Fsp3) is 0.667. The summed E-state index contributed by atoms with van der Waals surface area (Å²) in [6.45, 7) is 3.54. The molecule has 0 bridgehead atoms. The molecule has 2 N–H and O–H groups in total. The second kappa shape index (κ2) is 4.28. The highest BCUT2D eigenvalue weighted by Gasteiger charge is 2.32. The summed E-state index contributed by atoms with van der Waals surface area (Å²) in [6, 6.07) is 0. The Morgan fingerprint density at radius 1 is 1.50 bits per heavy atom. The van der Waals surface area contributed by atoms with Crippen LogP contribution in [-0.2, 0) is 6.54 Å². The van der Waals surface area contributed by atoms with Gasteiger partial charge in [-0.05, 0) is 26.4 Å². The number of nitrogens with one attached hydrogen (secondary N) is 1. The van der Waals surface area contributed by atoms with Gasteiger partial charge in [-0.3, -0.25) is 0 Å². The zero-order chi connectivity index (χ0) is 12.7. The summed E-state index contributed by atoms with van der Waals surface area (Å²) in [4.78, 5) is 18.2. The van der Waals surface area contributed by atoms with Crippen molar-refractivity contribution in [3.8, 4) is 0 Å². The maximum absolute atomic E-state index is 11.5. The molecule has 6 nitrogen and oxygen atoms in total. The van der Waals surface area contributed by atoms with Crippen molar-refractivity contribution in [3.05, 3.63) is 11.4 Å². The second-order valence-electron chi connectivity index (χ2n) is 5.15. The van der Waals surface area contributed by atoms with Gasteiger partial charge < -0.3 is 19.9 Å². The molecular weight excluding hydrogens is 232 g/mol. The molecular formula is C12H18N4O2. The molecule has 0 spiro atoms. The highest BCUT2D eigenvalue weighted by molar-refractivity contribution is 5.88. The molecule has 98 valence electrons. The van der Waals surface area contributed by atoms with Crippen LogP contribution in [0.2, 0.25) is 0 Å². The van der Waals surface area contributed by atoms with Gasteiger partial charge in [0.15, 0.2) is 5.69 Å². The zero-order valence-electron chi connectivity index (χ0n) is 10.5. The molecule has 3 heterocycles. The summed E-state index contributed by atoms with van der Waals surface area (Å²) in [5.74, 6) is 0.117. The first-order chi connectivity index (χ1) is 8.66. The molecule has 0 aromatic carbocycles. The predicted octanol–water partition coefficient (Wildman–Crippen LogP) is 0.816. The van der Waals surface area contributed by atoms with Crippen LogP contribution in [-0.4, -0.2) is 52.2 Å². The number of carboxylic acids is 1. The van der Waals surface area contributed by atoms with Crippen molar-refractivity contribution in [3.63, 3.8) is 0 Å². The SMILES string of the molecule is CN1CCC(c2nc3n(c2C(=O)O)CCCN3)C1. The van der Waals surface area contributed by atoms with E-state index in [0.29, 0.717) is 5.69 Å². The lowest BCUT2D eigenvalue weighted by Crippen LogP contribution is -2.21. The average molecular weight is 250 g/mol. The maximum atomic E-state index is 11.5. The van der Waals surface area contributed by atoms with Crippen molar-refractivity contribution in [2.45, 2.75) is 25.3 Å². The van der Waals surface area contributed by atoms with E-state index in [4.69, 9.17) is 0 Å². The van der Waals surface area contributed by atoms with E-state index in [0.717, 1.165) is 50.7 Å². The van der Waals surface area contributed by atoms with Crippen LogP contribution in [0.15, 0.2) is 0 Å². The predicted molar refractivity (Wildman–Crippen MR) is 67.1 cm³/mol. The Morgan fingerprint density at radius 3 is 3.00 bits per heavy atom. The Kier molecular flexibility index (Phi) is 2.74. The Labute approximate surface area is 106 Å². The molecule has 6 heteroatoms. The molecule has 2 aliphatic heterocycles. The van der Waals surface area contributed by atoms with Crippen molar-refractivity contribution in [1.29, 1.82) is 0 Å². The minimum absolute atomic E-state index is 0.251. The minimum atomic E-state index is -0.859. The summed E-state index contributed by atoms with van der Waals surface area (Å²) in [6.07, 6.45) is 1.95. The normalized spacial score (nSPS) is 23.7. The van der Waals surface area contributed by atoms with E-state index in [2.05, 4.69) is 22.2 Å². The van der Waals surface area contributed by atoms with Gasteiger partial charge in [-0.15, -0.1) is 0 Å². The molecule has 1 saturated heterocycles. The van der Waals surface area contributed by atoms with E-state index in [1.165, 1.54) is 0 Å². The molecule has 0 amide bonds. The fourth-order valence-electron chi connectivity index (χ4n) is 2.93. The first-order valence-corrected chi connectivity index (χ1v) is 6.43. The van der Waals surface area contributed by atoms with Gasteiger partial charge in [0.1, 0.15) is 0 Å². The zero-order valence-corrected chi connectivity index (χ0v) is 10.5. The fourth-order valence-corrected chi connectivity index (χ4v) is 2.93. The third kappa shape index (κ3) is 1.77. The number of fused-ring (bicyclic) bond motifs is 1.